The number of benzene rings is 1. The van der Waals surface area contributed by atoms with Crippen molar-refractivity contribution in [3.63, 3.8) is 0 Å². The Morgan fingerprint density at radius 2 is 2.17 bits per heavy atom. The number of amides is 1. The third kappa shape index (κ3) is 4.83. The molecule has 3 aromatic rings. The van der Waals surface area contributed by atoms with Crippen molar-refractivity contribution in [2.75, 3.05) is 11.1 Å². The molecule has 0 aliphatic heterocycles. The van der Waals surface area contributed by atoms with Crippen LogP contribution in [0.15, 0.2) is 34.8 Å². The number of hydrogen-bond acceptors (Lipinski definition) is 7. The minimum Gasteiger partial charge on any atom is -0.482 e. The van der Waals surface area contributed by atoms with Crippen molar-refractivity contribution < 1.29 is 9.53 Å². The SMILES string of the molecule is CCn1c(SCC(=O)Nc2sccc2C#N)nnc1C(C)Oc1cccc(C)c1C. The Morgan fingerprint density at radius 3 is 2.90 bits per heavy atom. The van der Waals surface area contributed by atoms with Gasteiger partial charge < -0.3 is 14.6 Å². The number of carbonyl (C=O) groups excluding carboxylic acids is 1. The summed E-state index contributed by atoms with van der Waals surface area (Å²) in [7, 11) is 0. The van der Waals surface area contributed by atoms with Crippen molar-refractivity contribution in [3.8, 4) is 11.8 Å². The molecule has 9 heteroatoms. The average Bonchev–Trinajstić information content (AvgIpc) is 3.35. The molecule has 0 saturated heterocycles. The zero-order chi connectivity index (χ0) is 21.7. The quantitative estimate of drug-likeness (QED) is 0.509. The van der Waals surface area contributed by atoms with Crippen LogP contribution in [0.25, 0.3) is 0 Å². The zero-order valence-corrected chi connectivity index (χ0v) is 18.9. The number of nitriles is 1. The van der Waals surface area contributed by atoms with Gasteiger partial charge in [-0.3, -0.25) is 4.79 Å². The van der Waals surface area contributed by atoms with Gasteiger partial charge in [-0.25, -0.2) is 0 Å². The van der Waals surface area contributed by atoms with Gasteiger partial charge in [-0.15, -0.1) is 21.5 Å². The second-order valence-electron chi connectivity index (χ2n) is 6.66. The third-order valence-electron chi connectivity index (χ3n) is 4.65. The predicted molar refractivity (Wildman–Crippen MR) is 119 cm³/mol. The lowest BCUT2D eigenvalue weighted by Gasteiger charge is -2.17. The van der Waals surface area contributed by atoms with Gasteiger partial charge in [0.25, 0.3) is 0 Å². The molecule has 0 aliphatic carbocycles. The van der Waals surface area contributed by atoms with Gasteiger partial charge in [0.2, 0.25) is 5.91 Å². The standard InChI is InChI=1S/C21H23N5O2S2/c1-5-26-19(15(4)28-17-8-6-7-13(2)14(17)3)24-25-21(26)30-12-18(27)23-20-16(11-22)9-10-29-20/h6-10,15H,5,12H2,1-4H3,(H,23,27). The van der Waals surface area contributed by atoms with Crippen LogP contribution in [0, 0.1) is 25.2 Å². The summed E-state index contributed by atoms with van der Waals surface area (Å²) in [5.41, 5.74) is 2.74. The molecule has 1 amide bonds. The van der Waals surface area contributed by atoms with Gasteiger partial charge in [0.15, 0.2) is 17.1 Å². The second kappa shape index (κ2) is 9.78. The highest BCUT2D eigenvalue weighted by molar-refractivity contribution is 7.99. The number of rotatable bonds is 8. The summed E-state index contributed by atoms with van der Waals surface area (Å²) >= 11 is 2.64. The monoisotopic (exact) mass is 441 g/mol. The van der Waals surface area contributed by atoms with Crippen LogP contribution in [0.5, 0.6) is 5.75 Å². The number of anilines is 1. The van der Waals surface area contributed by atoms with E-state index in [1.54, 1.807) is 11.4 Å². The van der Waals surface area contributed by atoms with Crippen LogP contribution in [-0.2, 0) is 11.3 Å². The minimum absolute atomic E-state index is 0.174. The molecule has 0 bridgehead atoms. The van der Waals surface area contributed by atoms with E-state index in [4.69, 9.17) is 10.00 Å². The van der Waals surface area contributed by atoms with E-state index in [2.05, 4.69) is 34.6 Å². The van der Waals surface area contributed by atoms with Crippen LogP contribution in [0.1, 0.15) is 42.5 Å². The Morgan fingerprint density at radius 1 is 1.37 bits per heavy atom. The maximum atomic E-state index is 12.3. The molecule has 1 atom stereocenters. The fourth-order valence-electron chi connectivity index (χ4n) is 2.89. The van der Waals surface area contributed by atoms with E-state index >= 15 is 0 Å². The van der Waals surface area contributed by atoms with Crippen LogP contribution < -0.4 is 10.1 Å². The molecule has 0 radical (unpaired) electrons. The smallest absolute Gasteiger partial charge is 0.235 e. The second-order valence-corrected chi connectivity index (χ2v) is 8.51. The van der Waals surface area contributed by atoms with Crippen molar-refractivity contribution in [3.05, 3.63) is 52.2 Å². The number of aryl methyl sites for hydroxylation is 1. The molecule has 1 aromatic carbocycles. The Bertz CT molecular complexity index is 1080. The summed E-state index contributed by atoms with van der Waals surface area (Å²) in [6.45, 7) is 8.70. The van der Waals surface area contributed by atoms with Crippen LogP contribution in [0.4, 0.5) is 5.00 Å². The van der Waals surface area contributed by atoms with Crippen LogP contribution in [0.2, 0.25) is 0 Å². The summed E-state index contributed by atoms with van der Waals surface area (Å²) < 4.78 is 8.11. The lowest BCUT2D eigenvalue weighted by Crippen LogP contribution is -2.15. The first-order chi connectivity index (χ1) is 14.4. The van der Waals surface area contributed by atoms with Crippen LogP contribution in [0.3, 0.4) is 0 Å². The molecular formula is C21H23N5O2S2. The largest absolute Gasteiger partial charge is 0.482 e. The average molecular weight is 442 g/mol. The lowest BCUT2D eigenvalue weighted by molar-refractivity contribution is -0.113. The van der Waals surface area contributed by atoms with E-state index in [1.165, 1.54) is 28.7 Å². The first-order valence-corrected chi connectivity index (χ1v) is 11.4. The number of thiophene rings is 1. The summed E-state index contributed by atoms with van der Waals surface area (Å²) in [5, 5.41) is 23.4. The summed E-state index contributed by atoms with van der Waals surface area (Å²) in [6.07, 6.45) is -0.287. The molecule has 0 aliphatic rings. The topological polar surface area (TPSA) is 92.8 Å². The number of carbonyl (C=O) groups is 1. The number of nitrogens with one attached hydrogen (secondary N) is 1. The number of nitrogens with zero attached hydrogens (tertiary/aromatic N) is 4. The Balaban J connectivity index is 1.67. The van der Waals surface area contributed by atoms with E-state index in [9.17, 15) is 4.79 Å². The van der Waals surface area contributed by atoms with Crippen molar-refractivity contribution in [2.45, 2.75) is 45.5 Å². The van der Waals surface area contributed by atoms with Crippen molar-refractivity contribution in [1.82, 2.24) is 14.8 Å². The maximum Gasteiger partial charge on any atom is 0.235 e. The van der Waals surface area contributed by atoms with Crippen molar-refractivity contribution in [2.24, 2.45) is 0 Å². The lowest BCUT2D eigenvalue weighted by atomic mass is 10.1. The van der Waals surface area contributed by atoms with Gasteiger partial charge in [-0.2, -0.15) is 5.26 Å². The van der Waals surface area contributed by atoms with Crippen LogP contribution >= 0.6 is 23.1 Å². The zero-order valence-electron chi connectivity index (χ0n) is 17.3. The Hall–Kier alpha value is -2.83. The molecule has 156 valence electrons. The fourth-order valence-corrected chi connectivity index (χ4v) is 4.45. The van der Waals surface area contributed by atoms with E-state index in [1.807, 2.05) is 37.5 Å². The molecule has 0 saturated carbocycles. The van der Waals surface area contributed by atoms with Gasteiger partial charge in [-0.05, 0) is 56.3 Å². The Kier molecular flexibility index (Phi) is 7.13. The highest BCUT2D eigenvalue weighted by Gasteiger charge is 2.20. The first kappa shape index (κ1) is 21.9. The van der Waals surface area contributed by atoms with Gasteiger partial charge >= 0.3 is 0 Å². The molecule has 1 N–H and O–H groups in total. The fraction of sp³-hybridized carbons (Fsp3) is 0.333. The van der Waals surface area contributed by atoms with Gasteiger partial charge in [-0.1, -0.05) is 23.9 Å². The summed E-state index contributed by atoms with van der Waals surface area (Å²) in [4.78, 5) is 12.3. The van der Waals surface area contributed by atoms with Crippen molar-refractivity contribution in [1.29, 1.82) is 5.26 Å². The highest BCUT2D eigenvalue weighted by atomic mass is 32.2. The molecule has 2 heterocycles. The normalized spacial score (nSPS) is 11.7. The first-order valence-electron chi connectivity index (χ1n) is 9.50. The number of aromatic nitrogens is 3. The summed E-state index contributed by atoms with van der Waals surface area (Å²) in [5.74, 6) is 1.52. The number of ether oxygens (including phenoxy) is 1. The molecule has 2 aromatic heterocycles. The molecular weight excluding hydrogens is 418 g/mol. The van der Waals surface area contributed by atoms with Crippen molar-refractivity contribution >= 4 is 34.0 Å². The van der Waals surface area contributed by atoms with Gasteiger partial charge in [0, 0.05) is 6.54 Å². The van der Waals surface area contributed by atoms with E-state index in [0.717, 1.165) is 11.3 Å². The third-order valence-corrected chi connectivity index (χ3v) is 6.45. The molecule has 0 spiro atoms. The van der Waals surface area contributed by atoms with E-state index in [0.29, 0.717) is 28.1 Å². The predicted octanol–water partition coefficient (Wildman–Crippen LogP) is 4.72. The van der Waals surface area contributed by atoms with E-state index < -0.39 is 0 Å². The van der Waals surface area contributed by atoms with Gasteiger partial charge in [0.1, 0.15) is 16.8 Å². The molecule has 3 rings (SSSR count). The minimum atomic E-state index is -0.287. The maximum absolute atomic E-state index is 12.3. The van der Waals surface area contributed by atoms with E-state index in [-0.39, 0.29) is 17.8 Å². The Labute approximate surface area is 184 Å². The number of hydrogen-bond donors (Lipinski definition) is 1. The molecule has 7 nitrogen and oxygen atoms in total. The molecule has 1 unspecified atom stereocenters. The molecule has 0 fully saturated rings. The number of thioether (sulfide) groups is 1. The van der Waals surface area contributed by atoms with Crippen LogP contribution in [-0.4, -0.2) is 26.4 Å². The highest BCUT2D eigenvalue weighted by Crippen LogP contribution is 2.28. The molecule has 30 heavy (non-hydrogen) atoms. The van der Waals surface area contributed by atoms with Gasteiger partial charge in [0.05, 0.1) is 11.3 Å². The summed E-state index contributed by atoms with van der Waals surface area (Å²) in [6, 6.07) is 9.72.